The van der Waals surface area contributed by atoms with Crippen LogP contribution in [0.2, 0.25) is 0 Å². The normalized spacial score (nSPS) is 16.4. The second-order valence-corrected chi connectivity index (χ2v) is 6.75. The van der Waals surface area contributed by atoms with Gasteiger partial charge in [-0.1, -0.05) is 19.3 Å². The van der Waals surface area contributed by atoms with E-state index in [9.17, 15) is 9.90 Å². The van der Waals surface area contributed by atoms with Gasteiger partial charge in [-0.05, 0) is 50.1 Å². The third-order valence-electron chi connectivity index (χ3n) is 4.80. The van der Waals surface area contributed by atoms with Gasteiger partial charge in [-0.25, -0.2) is 4.68 Å². The Morgan fingerprint density at radius 1 is 1.28 bits per heavy atom. The summed E-state index contributed by atoms with van der Waals surface area (Å²) in [6.45, 7) is 2.18. The van der Waals surface area contributed by atoms with Crippen LogP contribution < -0.4 is 10.1 Å². The second-order valence-electron chi connectivity index (χ2n) is 6.75. The van der Waals surface area contributed by atoms with Crippen LogP contribution in [0.4, 0.5) is 0 Å². The molecule has 2 N–H and O–H groups in total. The Kier molecular flexibility index (Phi) is 5.08. The summed E-state index contributed by atoms with van der Waals surface area (Å²) < 4.78 is 6.89. The Balaban J connectivity index is 1.69. The molecule has 1 aliphatic rings. The largest absolute Gasteiger partial charge is 0.497 e. The maximum atomic E-state index is 12.4. The summed E-state index contributed by atoms with van der Waals surface area (Å²) in [5.74, 6) is 0.515. The highest BCUT2D eigenvalue weighted by molar-refractivity contribution is 5.92. The molecule has 25 heavy (non-hydrogen) atoms. The van der Waals surface area contributed by atoms with Gasteiger partial charge in [0.05, 0.1) is 18.4 Å². The molecule has 0 radical (unpaired) electrons. The van der Waals surface area contributed by atoms with Gasteiger partial charge in [-0.15, -0.1) is 0 Å². The molecule has 1 amide bonds. The first-order chi connectivity index (χ1) is 12.0. The number of nitrogens with zero attached hydrogens (tertiary/aromatic N) is 2. The molecular formula is C19H25N3O3. The van der Waals surface area contributed by atoms with Crippen LogP contribution in [0.1, 0.15) is 48.3 Å². The van der Waals surface area contributed by atoms with E-state index in [2.05, 4.69) is 10.4 Å². The molecule has 1 aromatic carbocycles. The van der Waals surface area contributed by atoms with Gasteiger partial charge < -0.3 is 15.2 Å². The zero-order valence-corrected chi connectivity index (χ0v) is 14.8. The number of aliphatic hydroxyl groups is 1. The molecule has 3 rings (SSSR count). The van der Waals surface area contributed by atoms with Crippen LogP contribution in [0.3, 0.4) is 0 Å². The van der Waals surface area contributed by atoms with E-state index < -0.39 is 5.60 Å². The summed E-state index contributed by atoms with van der Waals surface area (Å²) in [4.78, 5) is 12.4. The molecule has 1 heterocycles. The fourth-order valence-electron chi connectivity index (χ4n) is 3.29. The molecule has 1 saturated carbocycles. The number of methoxy groups -OCH3 is 1. The first kappa shape index (κ1) is 17.5. The molecule has 1 aromatic heterocycles. The van der Waals surface area contributed by atoms with Gasteiger partial charge >= 0.3 is 0 Å². The van der Waals surface area contributed by atoms with Crippen LogP contribution in [0.15, 0.2) is 30.3 Å². The van der Waals surface area contributed by atoms with Gasteiger partial charge in [0.2, 0.25) is 0 Å². The van der Waals surface area contributed by atoms with E-state index in [1.807, 2.05) is 31.2 Å². The minimum absolute atomic E-state index is 0.255. The Morgan fingerprint density at radius 2 is 1.96 bits per heavy atom. The summed E-state index contributed by atoms with van der Waals surface area (Å²) in [7, 11) is 1.62. The van der Waals surface area contributed by atoms with Crippen molar-refractivity contribution in [1.29, 1.82) is 0 Å². The zero-order chi connectivity index (χ0) is 17.9. The molecule has 6 nitrogen and oxygen atoms in total. The predicted octanol–water partition coefficient (Wildman–Crippen LogP) is 2.61. The van der Waals surface area contributed by atoms with Crippen LogP contribution >= 0.6 is 0 Å². The highest BCUT2D eigenvalue weighted by atomic mass is 16.5. The van der Waals surface area contributed by atoms with Gasteiger partial charge in [0, 0.05) is 12.2 Å². The Morgan fingerprint density at radius 3 is 2.60 bits per heavy atom. The van der Waals surface area contributed by atoms with Crippen molar-refractivity contribution in [2.24, 2.45) is 0 Å². The average molecular weight is 343 g/mol. The number of hydrogen-bond donors (Lipinski definition) is 2. The lowest BCUT2D eigenvalue weighted by Gasteiger charge is -2.31. The van der Waals surface area contributed by atoms with Crippen LogP contribution in [0.25, 0.3) is 5.69 Å². The number of ether oxygens (including phenoxy) is 1. The molecule has 2 aromatic rings. The van der Waals surface area contributed by atoms with Crippen LogP contribution in [-0.4, -0.2) is 40.0 Å². The fourth-order valence-corrected chi connectivity index (χ4v) is 3.29. The highest BCUT2D eigenvalue weighted by Crippen LogP contribution is 2.27. The summed E-state index contributed by atoms with van der Waals surface area (Å²) >= 11 is 0. The number of carbonyl (C=O) groups excluding carboxylic acids is 1. The second kappa shape index (κ2) is 7.27. The molecule has 1 aliphatic carbocycles. The van der Waals surface area contributed by atoms with Crippen molar-refractivity contribution < 1.29 is 14.6 Å². The van der Waals surface area contributed by atoms with Gasteiger partial charge in [-0.3, -0.25) is 4.79 Å². The topological polar surface area (TPSA) is 76.4 Å². The van der Waals surface area contributed by atoms with Crippen molar-refractivity contribution in [3.05, 3.63) is 41.7 Å². The fraction of sp³-hybridized carbons (Fsp3) is 0.474. The lowest BCUT2D eigenvalue weighted by Crippen LogP contribution is -2.44. The Labute approximate surface area is 147 Å². The van der Waals surface area contributed by atoms with E-state index in [1.54, 1.807) is 17.9 Å². The molecule has 1 fully saturated rings. The molecule has 0 unspecified atom stereocenters. The maximum Gasteiger partial charge on any atom is 0.271 e. The Bertz CT molecular complexity index is 731. The molecule has 134 valence electrons. The van der Waals surface area contributed by atoms with E-state index in [1.165, 1.54) is 0 Å². The first-order valence-electron chi connectivity index (χ1n) is 8.72. The van der Waals surface area contributed by atoms with E-state index in [0.717, 1.165) is 49.2 Å². The number of nitrogens with one attached hydrogen (secondary N) is 1. The SMILES string of the molecule is COc1ccc(-n2nc(C(=O)NCC3(O)CCCCC3)cc2C)cc1. The Hall–Kier alpha value is -2.34. The molecule has 0 atom stereocenters. The van der Waals surface area contributed by atoms with E-state index in [4.69, 9.17) is 4.74 Å². The summed E-state index contributed by atoms with van der Waals surface area (Å²) in [5.41, 5.74) is 1.31. The lowest BCUT2D eigenvalue weighted by molar-refractivity contribution is 0.00521. The first-order valence-corrected chi connectivity index (χ1v) is 8.72. The lowest BCUT2D eigenvalue weighted by atomic mass is 9.85. The summed E-state index contributed by atoms with van der Waals surface area (Å²) in [6, 6.07) is 9.25. The smallest absolute Gasteiger partial charge is 0.271 e. The number of hydrogen-bond acceptors (Lipinski definition) is 4. The number of amides is 1. The molecule has 0 saturated heterocycles. The van der Waals surface area contributed by atoms with E-state index in [-0.39, 0.29) is 12.5 Å². The third-order valence-corrected chi connectivity index (χ3v) is 4.80. The number of benzene rings is 1. The van der Waals surface area contributed by atoms with Crippen molar-refractivity contribution in [2.45, 2.75) is 44.6 Å². The number of carbonyl (C=O) groups is 1. The van der Waals surface area contributed by atoms with Crippen molar-refractivity contribution >= 4 is 5.91 Å². The van der Waals surface area contributed by atoms with Crippen LogP contribution in [0, 0.1) is 6.92 Å². The molecule has 0 aliphatic heterocycles. The number of aromatic nitrogens is 2. The third kappa shape index (κ3) is 4.02. The quantitative estimate of drug-likeness (QED) is 0.875. The van der Waals surface area contributed by atoms with Gasteiger partial charge in [0.25, 0.3) is 5.91 Å². The maximum absolute atomic E-state index is 12.4. The van der Waals surface area contributed by atoms with E-state index >= 15 is 0 Å². The minimum Gasteiger partial charge on any atom is -0.497 e. The molecule has 6 heteroatoms. The molecular weight excluding hydrogens is 318 g/mol. The zero-order valence-electron chi connectivity index (χ0n) is 14.8. The van der Waals surface area contributed by atoms with Crippen LogP contribution in [0.5, 0.6) is 5.75 Å². The van der Waals surface area contributed by atoms with Crippen molar-refractivity contribution in [3.8, 4) is 11.4 Å². The van der Waals surface area contributed by atoms with Gasteiger partial charge in [-0.2, -0.15) is 5.10 Å². The summed E-state index contributed by atoms with van der Waals surface area (Å²) in [5, 5.41) is 17.7. The minimum atomic E-state index is -0.776. The van der Waals surface area contributed by atoms with Gasteiger partial charge in [0.1, 0.15) is 5.75 Å². The van der Waals surface area contributed by atoms with E-state index in [0.29, 0.717) is 5.69 Å². The van der Waals surface area contributed by atoms with Gasteiger partial charge in [0.15, 0.2) is 5.69 Å². The van der Waals surface area contributed by atoms with Crippen molar-refractivity contribution in [3.63, 3.8) is 0 Å². The predicted molar refractivity (Wildman–Crippen MR) is 95.2 cm³/mol. The average Bonchev–Trinajstić information content (AvgIpc) is 3.02. The molecule has 0 bridgehead atoms. The number of aryl methyl sites for hydroxylation is 1. The standard InChI is InChI=1S/C19H25N3O3/c1-14-12-17(18(23)20-13-19(24)10-4-3-5-11-19)21-22(14)15-6-8-16(25-2)9-7-15/h6-9,12,24H,3-5,10-11,13H2,1-2H3,(H,20,23). The molecule has 0 spiro atoms. The van der Waals surface area contributed by atoms with Crippen molar-refractivity contribution in [1.82, 2.24) is 15.1 Å². The number of rotatable bonds is 5. The summed E-state index contributed by atoms with van der Waals surface area (Å²) in [6.07, 6.45) is 4.66. The monoisotopic (exact) mass is 343 g/mol. The highest BCUT2D eigenvalue weighted by Gasteiger charge is 2.29. The van der Waals surface area contributed by atoms with Crippen LogP contribution in [-0.2, 0) is 0 Å². The van der Waals surface area contributed by atoms with Crippen molar-refractivity contribution in [2.75, 3.05) is 13.7 Å².